The van der Waals surface area contributed by atoms with Crippen molar-refractivity contribution < 1.29 is 9.53 Å². The van der Waals surface area contributed by atoms with Gasteiger partial charge in [-0.15, -0.1) is 0 Å². The van der Waals surface area contributed by atoms with Gasteiger partial charge >= 0.3 is 0 Å². The molecule has 2 aliphatic rings. The Morgan fingerprint density at radius 1 is 0.967 bits per heavy atom. The van der Waals surface area contributed by atoms with Crippen LogP contribution in [0.4, 0.5) is 0 Å². The van der Waals surface area contributed by atoms with Crippen molar-refractivity contribution in [2.24, 2.45) is 0 Å². The van der Waals surface area contributed by atoms with Gasteiger partial charge in [-0.2, -0.15) is 0 Å². The quantitative estimate of drug-likeness (QED) is 0.671. The minimum Gasteiger partial charge on any atom is -0.497 e. The van der Waals surface area contributed by atoms with Crippen LogP contribution in [0.2, 0.25) is 0 Å². The van der Waals surface area contributed by atoms with Crippen molar-refractivity contribution in [3.63, 3.8) is 0 Å². The van der Waals surface area contributed by atoms with E-state index in [1.807, 2.05) is 42.5 Å². The second kappa shape index (κ2) is 8.11. The minimum atomic E-state index is 0.0498. The van der Waals surface area contributed by atoms with Crippen molar-refractivity contribution in [2.45, 2.75) is 50.4 Å². The van der Waals surface area contributed by atoms with E-state index >= 15 is 0 Å². The lowest BCUT2D eigenvalue weighted by Gasteiger charge is -2.39. The highest BCUT2D eigenvalue weighted by Gasteiger charge is 2.40. The van der Waals surface area contributed by atoms with E-state index in [-0.39, 0.29) is 11.9 Å². The minimum absolute atomic E-state index is 0.0498. The molecule has 0 aliphatic carbocycles. The van der Waals surface area contributed by atoms with Crippen LogP contribution in [0.15, 0.2) is 66.7 Å². The van der Waals surface area contributed by atoms with Crippen LogP contribution in [0.3, 0.4) is 0 Å². The first-order valence-electron chi connectivity index (χ1n) is 10.9. The summed E-state index contributed by atoms with van der Waals surface area (Å²) in [5, 5.41) is 5.59. The van der Waals surface area contributed by atoms with Gasteiger partial charge in [-0.05, 0) is 66.3 Å². The third kappa shape index (κ3) is 3.80. The number of piperidine rings is 1. The summed E-state index contributed by atoms with van der Waals surface area (Å²) in [6.45, 7) is 0.977. The molecule has 2 heterocycles. The summed E-state index contributed by atoms with van der Waals surface area (Å²) in [5.74, 6) is 0.950. The van der Waals surface area contributed by atoms with Crippen LogP contribution in [0.5, 0.6) is 5.75 Å². The average molecular weight is 401 g/mol. The molecule has 0 aromatic heterocycles. The zero-order valence-corrected chi connectivity index (χ0v) is 17.4. The van der Waals surface area contributed by atoms with E-state index in [2.05, 4.69) is 34.5 Å². The fraction of sp³-hybridized carbons (Fsp3) is 0.346. The zero-order chi connectivity index (χ0) is 20.5. The Morgan fingerprint density at radius 3 is 2.37 bits per heavy atom. The summed E-state index contributed by atoms with van der Waals surface area (Å²) in [7, 11) is 1.70. The number of benzene rings is 3. The molecule has 1 N–H and O–H groups in total. The molecular weight excluding hydrogens is 372 g/mol. The molecule has 3 aromatic carbocycles. The number of carbonyl (C=O) groups is 1. The monoisotopic (exact) mass is 400 g/mol. The number of hydrogen-bond donors (Lipinski definition) is 1. The lowest BCUT2D eigenvalue weighted by Crippen LogP contribution is -2.49. The Labute approximate surface area is 177 Å². The van der Waals surface area contributed by atoms with Gasteiger partial charge in [0.2, 0.25) is 0 Å². The highest BCUT2D eigenvalue weighted by molar-refractivity contribution is 5.98. The van der Waals surface area contributed by atoms with Crippen LogP contribution in [0, 0.1) is 0 Å². The zero-order valence-electron chi connectivity index (χ0n) is 17.4. The van der Waals surface area contributed by atoms with E-state index in [0.717, 1.165) is 36.1 Å². The lowest BCUT2D eigenvalue weighted by molar-refractivity contribution is 0.0828. The first-order chi connectivity index (χ1) is 14.7. The van der Waals surface area contributed by atoms with Gasteiger partial charge in [0, 0.05) is 30.2 Å². The normalized spacial score (nSPS) is 23.4. The number of hydrogen-bond acceptors (Lipinski definition) is 3. The molecule has 30 heavy (non-hydrogen) atoms. The standard InChI is InChI=1S/C26H28N2O2/c1-30-25-12-6-18(7-13-25)17-28-23-10-11-24(28)16-22(15-23)27-26(29)21-9-8-19-4-2-3-5-20(19)14-21/h2-9,12-14,22-24H,10-11,15-17H2,1H3,(H,27,29). The number of rotatable bonds is 5. The first-order valence-corrected chi connectivity index (χ1v) is 10.9. The molecule has 4 nitrogen and oxygen atoms in total. The SMILES string of the molecule is COc1ccc(CN2C3CCC2CC(NC(=O)c2ccc4ccccc4c2)C3)cc1. The molecule has 5 rings (SSSR count). The van der Waals surface area contributed by atoms with E-state index in [1.165, 1.54) is 23.8 Å². The number of methoxy groups -OCH3 is 1. The third-order valence-corrected chi connectivity index (χ3v) is 6.76. The van der Waals surface area contributed by atoms with Crippen LogP contribution in [0.1, 0.15) is 41.6 Å². The maximum atomic E-state index is 12.9. The van der Waals surface area contributed by atoms with Gasteiger partial charge in [0.1, 0.15) is 5.75 Å². The predicted molar refractivity (Wildman–Crippen MR) is 120 cm³/mol. The van der Waals surface area contributed by atoms with Crippen LogP contribution in [-0.2, 0) is 6.54 Å². The van der Waals surface area contributed by atoms with Gasteiger partial charge in [0.05, 0.1) is 7.11 Å². The molecule has 0 saturated carbocycles. The summed E-state index contributed by atoms with van der Waals surface area (Å²) in [6, 6.07) is 23.9. The molecule has 154 valence electrons. The van der Waals surface area contributed by atoms with Crippen LogP contribution < -0.4 is 10.1 Å². The predicted octanol–water partition coefficient (Wildman–Crippen LogP) is 4.77. The van der Waals surface area contributed by atoms with Crippen molar-refractivity contribution in [2.75, 3.05) is 7.11 Å². The number of nitrogens with one attached hydrogen (secondary N) is 1. The molecule has 1 amide bonds. The van der Waals surface area contributed by atoms with Gasteiger partial charge in [-0.3, -0.25) is 9.69 Å². The maximum absolute atomic E-state index is 12.9. The first kappa shape index (κ1) is 19.1. The molecule has 2 aliphatic heterocycles. The number of amides is 1. The highest BCUT2D eigenvalue weighted by atomic mass is 16.5. The van der Waals surface area contributed by atoms with E-state index < -0.39 is 0 Å². The number of carbonyl (C=O) groups excluding carboxylic acids is 1. The molecule has 0 spiro atoms. The lowest BCUT2D eigenvalue weighted by atomic mass is 9.96. The van der Waals surface area contributed by atoms with Gasteiger partial charge < -0.3 is 10.1 Å². The van der Waals surface area contributed by atoms with Crippen LogP contribution >= 0.6 is 0 Å². The van der Waals surface area contributed by atoms with E-state index in [1.54, 1.807) is 7.11 Å². The van der Waals surface area contributed by atoms with E-state index in [9.17, 15) is 4.79 Å². The summed E-state index contributed by atoms with van der Waals surface area (Å²) < 4.78 is 5.27. The molecule has 2 saturated heterocycles. The summed E-state index contributed by atoms with van der Waals surface area (Å²) in [5.41, 5.74) is 2.08. The van der Waals surface area contributed by atoms with Crippen molar-refractivity contribution in [1.29, 1.82) is 0 Å². The average Bonchev–Trinajstić information content (AvgIpc) is 3.01. The molecule has 0 radical (unpaired) electrons. The maximum Gasteiger partial charge on any atom is 0.251 e. The van der Waals surface area contributed by atoms with Crippen LogP contribution in [0.25, 0.3) is 10.8 Å². The van der Waals surface area contributed by atoms with E-state index in [4.69, 9.17) is 4.74 Å². The Hall–Kier alpha value is -2.85. The number of fused-ring (bicyclic) bond motifs is 3. The van der Waals surface area contributed by atoms with Gasteiger partial charge in [-0.25, -0.2) is 0 Å². The summed E-state index contributed by atoms with van der Waals surface area (Å²) in [4.78, 5) is 15.5. The molecule has 3 aromatic rings. The van der Waals surface area contributed by atoms with Gasteiger partial charge in [0.15, 0.2) is 0 Å². The molecule has 2 bridgehead atoms. The molecular formula is C26H28N2O2. The third-order valence-electron chi connectivity index (χ3n) is 6.76. The van der Waals surface area contributed by atoms with Crippen molar-refractivity contribution in [3.05, 3.63) is 77.9 Å². The van der Waals surface area contributed by atoms with Crippen molar-refractivity contribution in [1.82, 2.24) is 10.2 Å². The van der Waals surface area contributed by atoms with Gasteiger partial charge in [-0.1, -0.05) is 42.5 Å². The Balaban J connectivity index is 1.23. The molecule has 2 fully saturated rings. The smallest absolute Gasteiger partial charge is 0.251 e. The fourth-order valence-corrected chi connectivity index (χ4v) is 5.19. The Bertz CT molecular complexity index is 1030. The highest BCUT2D eigenvalue weighted by Crippen LogP contribution is 2.37. The van der Waals surface area contributed by atoms with Gasteiger partial charge in [0.25, 0.3) is 5.91 Å². The molecule has 4 heteroatoms. The summed E-state index contributed by atoms with van der Waals surface area (Å²) in [6.07, 6.45) is 4.52. The summed E-state index contributed by atoms with van der Waals surface area (Å²) >= 11 is 0. The number of ether oxygens (including phenoxy) is 1. The Kier molecular flexibility index (Phi) is 5.17. The second-order valence-corrected chi connectivity index (χ2v) is 8.61. The molecule has 2 atom stereocenters. The molecule has 2 unspecified atom stereocenters. The van der Waals surface area contributed by atoms with Crippen molar-refractivity contribution >= 4 is 16.7 Å². The largest absolute Gasteiger partial charge is 0.497 e. The fourth-order valence-electron chi connectivity index (χ4n) is 5.19. The number of nitrogens with zero attached hydrogens (tertiary/aromatic N) is 1. The Morgan fingerprint density at radius 2 is 1.67 bits per heavy atom. The second-order valence-electron chi connectivity index (χ2n) is 8.61. The van der Waals surface area contributed by atoms with E-state index in [0.29, 0.717) is 12.1 Å². The van der Waals surface area contributed by atoms with Crippen molar-refractivity contribution in [3.8, 4) is 5.75 Å². The topological polar surface area (TPSA) is 41.6 Å². The van der Waals surface area contributed by atoms with Crippen LogP contribution in [-0.4, -0.2) is 36.0 Å².